The summed E-state index contributed by atoms with van der Waals surface area (Å²) in [6.45, 7) is 4.19. The Bertz CT molecular complexity index is 442. The topological polar surface area (TPSA) is 54.5 Å². The van der Waals surface area contributed by atoms with Gasteiger partial charge < -0.3 is 15.0 Å². The first-order valence-electron chi connectivity index (χ1n) is 7.15. The number of anilines is 1. The average molecular weight is 277 g/mol. The van der Waals surface area contributed by atoms with E-state index in [-0.39, 0.29) is 5.91 Å². The number of hydrogen-bond acceptors (Lipinski definition) is 4. The lowest BCUT2D eigenvalue weighted by Gasteiger charge is -2.32. The molecular formula is C15H23N3O2. The molecule has 2 heterocycles. The highest BCUT2D eigenvalue weighted by atomic mass is 16.5. The third-order valence-electron chi connectivity index (χ3n) is 3.64. The van der Waals surface area contributed by atoms with Crippen molar-refractivity contribution in [3.8, 4) is 0 Å². The van der Waals surface area contributed by atoms with Crippen LogP contribution in [0.3, 0.4) is 0 Å². The molecule has 0 spiro atoms. The summed E-state index contributed by atoms with van der Waals surface area (Å²) in [4.78, 5) is 18.1. The van der Waals surface area contributed by atoms with E-state index in [2.05, 4.69) is 23.3 Å². The van der Waals surface area contributed by atoms with Crippen LogP contribution < -0.4 is 5.32 Å². The van der Waals surface area contributed by atoms with Crippen LogP contribution in [0, 0.1) is 6.92 Å². The molecule has 1 aliphatic rings. The largest absolute Gasteiger partial charge is 0.384 e. The Morgan fingerprint density at radius 1 is 1.50 bits per heavy atom. The second-order valence-electron chi connectivity index (χ2n) is 5.26. The van der Waals surface area contributed by atoms with Crippen molar-refractivity contribution in [2.75, 3.05) is 32.1 Å². The molecule has 0 unspecified atom stereocenters. The van der Waals surface area contributed by atoms with E-state index in [1.54, 1.807) is 7.11 Å². The van der Waals surface area contributed by atoms with Crippen molar-refractivity contribution in [2.45, 2.75) is 32.2 Å². The number of amides is 1. The van der Waals surface area contributed by atoms with Crippen LogP contribution in [0.5, 0.6) is 0 Å². The lowest BCUT2D eigenvalue weighted by molar-refractivity contribution is -0.133. The molecule has 1 aromatic rings. The van der Waals surface area contributed by atoms with Crippen LogP contribution in [0.25, 0.3) is 0 Å². The lowest BCUT2D eigenvalue weighted by Crippen LogP contribution is -2.42. The Labute approximate surface area is 120 Å². The van der Waals surface area contributed by atoms with Crippen LogP contribution >= 0.6 is 0 Å². The van der Waals surface area contributed by atoms with Crippen molar-refractivity contribution in [2.24, 2.45) is 0 Å². The summed E-state index contributed by atoms with van der Waals surface area (Å²) in [6, 6.07) is 4.44. The number of likely N-dealkylation sites (tertiary alicyclic amines) is 1. The number of methoxy groups -OCH3 is 1. The zero-order valence-electron chi connectivity index (χ0n) is 12.3. The molecule has 0 saturated carbocycles. The number of ether oxygens (including phenoxy) is 1. The van der Waals surface area contributed by atoms with Crippen LogP contribution in [0.15, 0.2) is 18.3 Å². The van der Waals surface area contributed by atoms with Gasteiger partial charge in [0.15, 0.2) is 0 Å². The molecule has 1 aliphatic heterocycles. The normalized spacial score (nSPS) is 16.2. The van der Waals surface area contributed by atoms with E-state index < -0.39 is 0 Å². The zero-order valence-corrected chi connectivity index (χ0v) is 12.3. The maximum atomic E-state index is 11.9. The van der Waals surface area contributed by atoms with Gasteiger partial charge in [-0.1, -0.05) is 0 Å². The van der Waals surface area contributed by atoms with Crippen LogP contribution in [0.4, 0.5) is 5.82 Å². The highest BCUT2D eigenvalue weighted by Gasteiger charge is 2.22. The molecule has 20 heavy (non-hydrogen) atoms. The average Bonchev–Trinajstić information content (AvgIpc) is 2.45. The number of nitrogens with one attached hydrogen (secondary N) is 1. The Morgan fingerprint density at radius 3 is 2.90 bits per heavy atom. The first-order valence-corrected chi connectivity index (χ1v) is 7.15. The van der Waals surface area contributed by atoms with Crippen LogP contribution in [-0.2, 0) is 9.53 Å². The van der Waals surface area contributed by atoms with Gasteiger partial charge in [0.05, 0.1) is 13.0 Å². The molecule has 5 nitrogen and oxygen atoms in total. The molecule has 5 heteroatoms. The van der Waals surface area contributed by atoms with Gasteiger partial charge in [-0.25, -0.2) is 4.98 Å². The smallest absolute Gasteiger partial charge is 0.224 e. The predicted molar refractivity (Wildman–Crippen MR) is 78.7 cm³/mol. The van der Waals surface area contributed by atoms with Crippen molar-refractivity contribution >= 4 is 11.7 Å². The SMILES string of the molecule is COCCC(=O)N1CCC(Nc2cc(C)ccn2)CC1. The molecule has 1 fully saturated rings. The van der Waals surface area contributed by atoms with Crippen molar-refractivity contribution in [1.82, 2.24) is 9.88 Å². The third-order valence-corrected chi connectivity index (χ3v) is 3.64. The van der Waals surface area contributed by atoms with Gasteiger partial charge in [0.1, 0.15) is 5.82 Å². The van der Waals surface area contributed by atoms with E-state index in [0.29, 0.717) is 19.1 Å². The molecule has 2 rings (SSSR count). The number of rotatable bonds is 5. The van der Waals surface area contributed by atoms with Crippen LogP contribution in [0.1, 0.15) is 24.8 Å². The van der Waals surface area contributed by atoms with Gasteiger partial charge in [0.25, 0.3) is 0 Å². The first-order chi connectivity index (χ1) is 9.69. The van der Waals surface area contributed by atoms with Crippen molar-refractivity contribution in [1.29, 1.82) is 0 Å². The monoisotopic (exact) mass is 277 g/mol. The van der Waals surface area contributed by atoms with Crippen LogP contribution in [0.2, 0.25) is 0 Å². The minimum Gasteiger partial charge on any atom is -0.384 e. The summed E-state index contributed by atoms with van der Waals surface area (Å²) in [5.41, 5.74) is 1.20. The molecule has 0 aliphatic carbocycles. The molecule has 1 aromatic heterocycles. The minimum atomic E-state index is 0.194. The number of pyridine rings is 1. The van der Waals surface area contributed by atoms with E-state index in [1.807, 2.05) is 17.2 Å². The Kier molecular flexibility index (Phi) is 5.35. The number of aromatic nitrogens is 1. The lowest BCUT2D eigenvalue weighted by atomic mass is 10.0. The molecule has 0 aromatic carbocycles. The van der Waals surface area contributed by atoms with Crippen molar-refractivity contribution in [3.63, 3.8) is 0 Å². The molecule has 0 bridgehead atoms. The quantitative estimate of drug-likeness (QED) is 0.892. The Morgan fingerprint density at radius 2 is 2.25 bits per heavy atom. The highest BCUT2D eigenvalue weighted by molar-refractivity contribution is 5.76. The molecule has 1 amide bonds. The molecule has 0 atom stereocenters. The fourth-order valence-electron chi connectivity index (χ4n) is 2.44. The second-order valence-corrected chi connectivity index (χ2v) is 5.26. The molecular weight excluding hydrogens is 254 g/mol. The maximum Gasteiger partial charge on any atom is 0.224 e. The third kappa shape index (κ3) is 4.20. The minimum absolute atomic E-state index is 0.194. The Hall–Kier alpha value is -1.62. The molecule has 1 N–H and O–H groups in total. The molecule has 0 radical (unpaired) electrons. The number of nitrogens with zero attached hydrogens (tertiary/aromatic N) is 2. The van der Waals surface area contributed by atoms with E-state index in [9.17, 15) is 4.79 Å². The number of aryl methyl sites for hydroxylation is 1. The van der Waals surface area contributed by atoms with E-state index in [1.165, 1.54) is 5.56 Å². The Balaban J connectivity index is 1.78. The number of carbonyl (C=O) groups is 1. The fourth-order valence-corrected chi connectivity index (χ4v) is 2.44. The predicted octanol–water partition coefficient (Wildman–Crippen LogP) is 1.83. The standard InChI is InChI=1S/C15H23N3O2/c1-12-3-7-16-14(11-12)17-13-4-8-18(9-5-13)15(19)6-10-20-2/h3,7,11,13H,4-6,8-10H2,1-2H3,(H,16,17). The molecule has 110 valence electrons. The highest BCUT2D eigenvalue weighted by Crippen LogP contribution is 2.16. The zero-order chi connectivity index (χ0) is 14.4. The van der Waals surface area contributed by atoms with Gasteiger partial charge in [-0.05, 0) is 37.5 Å². The van der Waals surface area contributed by atoms with Gasteiger partial charge >= 0.3 is 0 Å². The summed E-state index contributed by atoms with van der Waals surface area (Å²) >= 11 is 0. The number of hydrogen-bond donors (Lipinski definition) is 1. The van der Waals surface area contributed by atoms with Crippen molar-refractivity contribution in [3.05, 3.63) is 23.9 Å². The maximum absolute atomic E-state index is 11.9. The summed E-state index contributed by atoms with van der Waals surface area (Å²) in [7, 11) is 1.62. The van der Waals surface area contributed by atoms with Gasteiger partial charge in [-0.15, -0.1) is 0 Å². The fraction of sp³-hybridized carbons (Fsp3) is 0.600. The summed E-state index contributed by atoms with van der Waals surface area (Å²) in [5.74, 6) is 1.12. The second kappa shape index (κ2) is 7.24. The summed E-state index contributed by atoms with van der Waals surface area (Å²) in [5, 5.41) is 3.45. The van der Waals surface area contributed by atoms with E-state index in [0.717, 1.165) is 31.7 Å². The molecule has 1 saturated heterocycles. The summed E-state index contributed by atoms with van der Waals surface area (Å²) in [6.07, 6.45) is 4.23. The van der Waals surface area contributed by atoms with Crippen molar-refractivity contribution < 1.29 is 9.53 Å². The van der Waals surface area contributed by atoms with Gasteiger partial charge in [-0.3, -0.25) is 4.79 Å². The first kappa shape index (κ1) is 14.8. The van der Waals surface area contributed by atoms with E-state index in [4.69, 9.17) is 4.74 Å². The number of piperidine rings is 1. The number of carbonyl (C=O) groups excluding carboxylic acids is 1. The van der Waals surface area contributed by atoms with E-state index >= 15 is 0 Å². The van der Waals surface area contributed by atoms with Gasteiger partial charge in [-0.2, -0.15) is 0 Å². The van der Waals surface area contributed by atoms with Gasteiger partial charge in [0, 0.05) is 32.4 Å². The summed E-state index contributed by atoms with van der Waals surface area (Å²) < 4.78 is 4.95. The van der Waals surface area contributed by atoms with Gasteiger partial charge in [0.2, 0.25) is 5.91 Å². The van der Waals surface area contributed by atoms with Crippen LogP contribution in [-0.4, -0.2) is 48.6 Å².